The third-order valence-corrected chi connectivity index (χ3v) is 5.22. The molecule has 22 heavy (non-hydrogen) atoms. The Bertz CT molecular complexity index is 763. The van der Waals surface area contributed by atoms with Crippen LogP contribution in [0.1, 0.15) is 16.3 Å². The lowest BCUT2D eigenvalue weighted by Crippen LogP contribution is -1.95. The third-order valence-electron chi connectivity index (χ3n) is 2.89. The summed E-state index contributed by atoms with van der Waals surface area (Å²) < 4.78 is 2.87. The third kappa shape index (κ3) is 3.85. The van der Waals surface area contributed by atoms with Crippen LogP contribution < -0.4 is 0 Å². The molecule has 0 fully saturated rings. The van der Waals surface area contributed by atoms with E-state index in [2.05, 4.69) is 43.4 Å². The molecule has 0 bridgehead atoms. The van der Waals surface area contributed by atoms with E-state index < -0.39 is 0 Å². The van der Waals surface area contributed by atoms with Crippen molar-refractivity contribution in [2.45, 2.75) is 17.8 Å². The molecule has 0 unspecified atom stereocenters. The highest BCUT2D eigenvalue weighted by atomic mass is 79.9. The zero-order chi connectivity index (χ0) is 15.4. The molecule has 0 atom stereocenters. The summed E-state index contributed by atoms with van der Waals surface area (Å²) in [5.74, 6) is 1.62. The van der Waals surface area contributed by atoms with E-state index in [1.807, 2.05) is 42.8 Å². The summed E-state index contributed by atoms with van der Waals surface area (Å²) in [5.41, 5.74) is 1.24. The van der Waals surface area contributed by atoms with Crippen LogP contribution >= 0.6 is 39.0 Å². The second-order valence-corrected chi connectivity index (χ2v) is 7.35. The van der Waals surface area contributed by atoms with Crippen LogP contribution in [0.2, 0.25) is 0 Å². The van der Waals surface area contributed by atoms with E-state index in [-0.39, 0.29) is 0 Å². The predicted molar refractivity (Wildman–Crippen MR) is 95.8 cm³/mol. The minimum absolute atomic E-state index is 0.783. The summed E-state index contributed by atoms with van der Waals surface area (Å²) in [7, 11) is 0. The summed E-state index contributed by atoms with van der Waals surface area (Å²) >= 11 is 6.73. The lowest BCUT2D eigenvalue weighted by atomic mass is 10.2. The van der Waals surface area contributed by atoms with Crippen molar-refractivity contribution in [3.05, 3.63) is 62.5 Å². The normalized spacial score (nSPS) is 11.4. The fourth-order valence-corrected chi connectivity index (χ4v) is 3.50. The minimum Gasteiger partial charge on any atom is -0.192 e. The molecule has 0 amide bonds. The summed E-state index contributed by atoms with van der Waals surface area (Å²) in [6, 6.07) is 12.3. The van der Waals surface area contributed by atoms with Crippen molar-refractivity contribution in [2.75, 3.05) is 0 Å². The van der Waals surface area contributed by atoms with Gasteiger partial charge in [0.15, 0.2) is 5.82 Å². The van der Waals surface area contributed by atoms with Crippen LogP contribution in [-0.4, -0.2) is 21.1 Å². The second kappa shape index (κ2) is 7.21. The first kappa shape index (κ1) is 15.5. The molecule has 0 spiro atoms. The van der Waals surface area contributed by atoms with Gasteiger partial charge in [-0.1, -0.05) is 45.9 Å². The largest absolute Gasteiger partial charge is 0.212 e. The first-order valence-corrected chi connectivity index (χ1v) is 9.25. The van der Waals surface area contributed by atoms with Crippen molar-refractivity contribution in [1.82, 2.24) is 14.9 Å². The molecule has 2 heterocycles. The number of thioether (sulfide) groups is 1. The van der Waals surface area contributed by atoms with Crippen molar-refractivity contribution in [3.63, 3.8) is 0 Å². The standard InChI is InChI=1S/C15H13BrN4S2/c1-11-18-19-15(20(11)17-9-14-3-2-8-21-14)22-10-12-4-6-13(16)7-5-12/h2-9H,10H2,1H3/b17-9-. The Morgan fingerprint density at radius 2 is 2.09 bits per heavy atom. The molecule has 0 N–H and O–H groups in total. The molecular formula is C15H13BrN4S2. The number of thiophene rings is 1. The van der Waals surface area contributed by atoms with Gasteiger partial charge in [0.2, 0.25) is 5.16 Å². The average Bonchev–Trinajstić information content (AvgIpc) is 3.15. The van der Waals surface area contributed by atoms with Crippen LogP contribution in [0.4, 0.5) is 0 Å². The molecule has 0 saturated heterocycles. The molecule has 3 aromatic rings. The molecule has 0 radical (unpaired) electrons. The van der Waals surface area contributed by atoms with E-state index in [0.29, 0.717) is 0 Å². The Hall–Kier alpha value is -1.44. The van der Waals surface area contributed by atoms with Gasteiger partial charge in [0.25, 0.3) is 0 Å². The second-order valence-electron chi connectivity index (χ2n) is 4.52. The van der Waals surface area contributed by atoms with Crippen LogP contribution in [0.3, 0.4) is 0 Å². The number of halogens is 1. The predicted octanol–water partition coefficient (Wildman–Crippen LogP) is 4.59. The molecule has 1 aromatic carbocycles. The summed E-state index contributed by atoms with van der Waals surface area (Å²) in [4.78, 5) is 1.11. The zero-order valence-corrected chi connectivity index (χ0v) is 15.0. The van der Waals surface area contributed by atoms with Crippen molar-refractivity contribution in [2.24, 2.45) is 5.10 Å². The van der Waals surface area contributed by atoms with Gasteiger partial charge in [-0.15, -0.1) is 21.5 Å². The van der Waals surface area contributed by atoms with Gasteiger partial charge >= 0.3 is 0 Å². The molecule has 2 aromatic heterocycles. The Morgan fingerprint density at radius 1 is 1.27 bits per heavy atom. The van der Waals surface area contributed by atoms with Gasteiger partial charge in [0, 0.05) is 15.1 Å². The molecule has 0 aliphatic carbocycles. The van der Waals surface area contributed by atoms with Crippen LogP contribution in [0, 0.1) is 6.92 Å². The Kier molecular flexibility index (Phi) is 5.07. The SMILES string of the molecule is Cc1nnc(SCc2ccc(Br)cc2)n1/N=C\c1cccs1. The zero-order valence-electron chi connectivity index (χ0n) is 11.8. The van der Waals surface area contributed by atoms with Crippen molar-refractivity contribution in [1.29, 1.82) is 0 Å². The number of hydrogen-bond donors (Lipinski definition) is 0. The van der Waals surface area contributed by atoms with E-state index >= 15 is 0 Å². The van der Waals surface area contributed by atoms with Crippen LogP contribution in [0.5, 0.6) is 0 Å². The number of nitrogens with zero attached hydrogens (tertiary/aromatic N) is 4. The quantitative estimate of drug-likeness (QED) is 0.471. The molecule has 4 nitrogen and oxygen atoms in total. The highest BCUT2D eigenvalue weighted by molar-refractivity contribution is 9.10. The molecule has 112 valence electrons. The summed E-state index contributed by atoms with van der Waals surface area (Å²) in [5, 5.41) is 15.6. The van der Waals surface area contributed by atoms with Gasteiger partial charge in [-0.25, -0.2) is 0 Å². The first-order valence-electron chi connectivity index (χ1n) is 6.59. The molecule has 0 aliphatic heterocycles. The van der Waals surface area contributed by atoms with E-state index in [1.165, 1.54) is 5.56 Å². The van der Waals surface area contributed by atoms with Crippen LogP contribution in [0.25, 0.3) is 0 Å². The fourth-order valence-electron chi connectivity index (χ4n) is 1.77. The van der Waals surface area contributed by atoms with Gasteiger partial charge in [0.05, 0.1) is 6.21 Å². The number of benzene rings is 1. The van der Waals surface area contributed by atoms with Gasteiger partial charge in [-0.2, -0.15) is 9.78 Å². The van der Waals surface area contributed by atoms with Crippen LogP contribution in [0.15, 0.2) is 56.5 Å². The Morgan fingerprint density at radius 3 is 2.82 bits per heavy atom. The van der Waals surface area contributed by atoms with Crippen molar-refractivity contribution < 1.29 is 0 Å². The average molecular weight is 393 g/mol. The van der Waals surface area contributed by atoms with E-state index in [1.54, 1.807) is 27.8 Å². The van der Waals surface area contributed by atoms with Gasteiger partial charge in [0.1, 0.15) is 0 Å². The van der Waals surface area contributed by atoms with E-state index in [9.17, 15) is 0 Å². The molecule has 0 aliphatic rings. The maximum absolute atomic E-state index is 4.48. The lowest BCUT2D eigenvalue weighted by Gasteiger charge is -2.02. The van der Waals surface area contributed by atoms with Gasteiger partial charge < -0.3 is 0 Å². The van der Waals surface area contributed by atoms with Crippen molar-refractivity contribution >= 4 is 45.2 Å². The topological polar surface area (TPSA) is 43.1 Å². The summed E-state index contributed by atoms with van der Waals surface area (Å²) in [6.07, 6.45) is 1.84. The molecule has 3 rings (SSSR count). The number of rotatable bonds is 5. The number of aryl methyl sites for hydroxylation is 1. The van der Waals surface area contributed by atoms with Gasteiger partial charge in [-0.05, 0) is 36.1 Å². The highest BCUT2D eigenvalue weighted by Crippen LogP contribution is 2.23. The minimum atomic E-state index is 0.783. The van der Waals surface area contributed by atoms with Gasteiger partial charge in [-0.3, -0.25) is 0 Å². The van der Waals surface area contributed by atoms with E-state index in [4.69, 9.17) is 0 Å². The monoisotopic (exact) mass is 392 g/mol. The Balaban J connectivity index is 1.73. The molecular weight excluding hydrogens is 380 g/mol. The number of aromatic nitrogens is 3. The summed E-state index contributed by atoms with van der Waals surface area (Å²) in [6.45, 7) is 1.91. The smallest absolute Gasteiger partial charge is 0.192 e. The first-order chi connectivity index (χ1) is 10.7. The number of hydrogen-bond acceptors (Lipinski definition) is 5. The molecule has 7 heteroatoms. The van der Waals surface area contributed by atoms with Crippen molar-refractivity contribution in [3.8, 4) is 0 Å². The Labute approximate surface area is 145 Å². The maximum Gasteiger partial charge on any atom is 0.212 e. The highest BCUT2D eigenvalue weighted by Gasteiger charge is 2.08. The lowest BCUT2D eigenvalue weighted by molar-refractivity contribution is 0.744. The fraction of sp³-hybridized carbons (Fsp3) is 0.133. The van der Waals surface area contributed by atoms with E-state index in [0.717, 1.165) is 26.1 Å². The molecule has 0 saturated carbocycles. The maximum atomic E-state index is 4.48. The van der Waals surface area contributed by atoms with Crippen LogP contribution in [-0.2, 0) is 5.75 Å².